The van der Waals surface area contributed by atoms with Gasteiger partial charge < -0.3 is 30.2 Å². The van der Waals surface area contributed by atoms with Crippen LogP contribution in [0.2, 0.25) is 0 Å². The van der Waals surface area contributed by atoms with Crippen LogP contribution in [0.25, 0.3) is 33.6 Å². The zero-order chi connectivity index (χ0) is 41.1. The molecule has 4 heterocycles. The number of benzene rings is 3. The molecule has 0 spiro atoms. The fourth-order valence-electron chi connectivity index (χ4n) is 8.29. The molecule has 2 aromatic heterocycles. The number of likely N-dealkylation sites (tertiary alicyclic amines) is 2. The van der Waals surface area contributed by atoms with Crippen LogP contribution in [0.3, 0.4) is 0 Å². The monoisotopic (exact) mass is 796 g/mol. The third-order valence-electron chi connectivity index (χ3n) is 11.2. The molecule has 3 aromatic carbocycles. The van der Waals surface area contributed by atoms with Gasteiger partial charge in [0.05, 0.1) is 24.0 Å². The topological polar surface area (TPSA) is 151 Å². The van der Waals surface area contributed by atoms with Crippen LogP contribution in [0.5, 0.6) is 0 Å². The van der Waals surface area contributed by atoms with E-state index < -0.39 is 36.0 Å². The number of rotatable bonds is 12. The summed E-state index contributed by atoms with van der Waals surface area (Å²) in [5.41, 5.74) is 3.29. The van der Waals surface area contributed by atoms with E-state index in [1.807, 2.05) is 59.5 Å². The van der Waals surface area contributed by atoms with Gasteiger partial charge in [0.2, 0.25) is 11.8 Å². The number of H-pyrrole nitrogens is 2. The molecular formula is C43H47F3N8O4. The van der Waals surface area contributed by atoms with Gasteiger partial charge in [-0.3, -0.25) is 14.5 Å². The third-order valence-corrected chi connectivity index (χ3v) is 11.2. The van der Waals surface area contributed by atoms with Crippen molar-refractivity contribution in [2.45, 2.75) is 76.8 Å². The van der Waals surface area contributed by atoms with Gasteiger partial charge in [-0.05, 0) is 68.0 Å². The summed E-state index contributed by atoms with van der Waals surface area (Å²) >= 11 is 0. The van der Waals surface area contributed by atoms with E-state index in [1.165, 1.54) is 11.8 Å². The molecule has 58 heavy (non-hydrogen) atoms. The van der Waals surface area contributed by atoms with Gasteiger partial charge in [0.1, 0.15) is 35.1 Å². The second-order valence-electron chi connectivity index (χ2n) is 14.8. The first kappa shape index (κ1) is 40.2. The molecule has 15 heteroatoms. The Kier molecular flexibility index (Phi) is 11.7. The molecule has 2 aliphatic rings. The van der Waals surface area contributed by atoms with Gasteiger partial charge in [0.15, 0.2) is 0 Å². The molecule has 304 valence electrons. The van der Waals surface area contributed by atoms with Crippen molar-refractivity contribution in [3.8, 4) is 33.6 Å². The Morgan fingerprint density at radius 2 is 1.36 bits per heavy atom. The zero-order valence-corrected chi connectivity index (χ0v) is 32.6. The average Bonchev–Trinajstić information content (AvgIpc) is 4.06. The number of halogens is 3. The lowest BCUT2D eigenvalue weighted by Gasteiger charge is -2.34. The van der Waals surface area contributed by atoms with Crippen molar-refractivity contribution in [2.75, 3.05) is 26.2 Å². The lowest BCUT2D eigenvalue weighted by atomic mass is 10.0. The Morgan fingerprint density at radius 3 is 1.93 bits per heavy atom. The Labute approximate surface area is 334 Å². The fourth-order valence-corrected chi connectivity index (χ4v) is 8.29. The number of hydrogen-bond donors (Lipinski definition) is 4. The van der Waals surface area contributed by atoms with E-state index in [1.54, 1.807) is 30.5 Å². The number of nitrogens with zero attached hydrogens (tertiary/aromatic N) is 5. The van der Waals surface area contributed by atoms with Crippen molar-refractivity contribution in [1.82, 2.24) is 40.0 Å². The molecule has 12 nitrogen and oxygen atoms in total. The minimum atomic E-state index is -4.74. The summed E-state index contributed by atoms with van der Waals surface area (Å²) in [6.45, 7) is 7.96. The number of amides is 3. The van der Waals surface area contributed by atoms with Crippen LogP contribution in [-0.4, -0.2) is 89.9 Å². The summed E-state index contributed by atoms with van der Waals surface area (Å²) in [5.74, 6) is 0.280. The molecular weight excluding hydrogens is 750 g/mol. The highest BCUT2D eigenvalue weighted by atomic mass is 19.4. The van der Waals surface area contributed by atoms with E-state index in [4.69, 9.17) is 10.1 Å². The smallest absolute Gasteiger partial charge is 0.433 e. The van der Waals surface area contributed by atoms with Crippen LogP contribution in [0.15, 0.2) is 85.1 Å². The maximum Gasteiger partial charge on any atom is 0.433 e. The lowest BCUT2D eigenvalue weighted by Crippen LogP contribution is -2.46. The standard InChI is InChI=1S/C43H47F3N8O4/c1-4-52(5-2)36(31-11-7-6-8-12-31)41(56)54-24-9-13-33(54)38-47-25-32(49-38)29-19-15-27(16-20-29)28-17-21-30(22-18-28)35-37(43(44,45)46)51-39(50-35)34-14-10-23-53(34)40(55)26(3)48-42(57)58/h6-8,11-12,15-22,25-26,33-34,36,48H,4-5,9-10,13-14,23-24H2,1-3H3,(H,47,49)(H,50,51)(H,57,58)/t26-,33-,34-,36+/m0/s1. The summed E-state index contributed by atoms with van der Waals surface area (Å²) < 4.78 is 43.0. The minimum absolute atomic E-state index is 0.000535. The second-order valence-corrected chi connectivity index (χ2v) is 14.8. The van der Waals surface area contributed by atoms with E-state index in [9.17, 15) is 27.6 Å². The van der Waals surface area contributed by atoms with Gasteiger partial charge in [0.25, 0.3) is 0 Å². The highest BCUT2D eigenvalue weighted by Gasteiger charge is 2.41. The summed E-state index contributed by atoms with van der Waals surface area (Å²) in [4.78, 5) is 58.8. The van der Waals surface area contributed by atoms with E-state index >= 15 is 0 Å². The Balaban J connectivity index is 1.07. The first-order valence-electron chi connectivity index (χ1n) is 19.7. The van der Waals surface area contributed by atoms with Gasteiger partial charge in [-0.1, -0.05) is 92.7 Å². The Morgan fingerprint density at radius 1 is 0.810 bits per heavy atom. The molecule has 3 amide bonds. The molecule has 2 aliphatic heterocycles. The van der Waals surface area contributed by atoms with Crippen molar-refractivity contribution in [3.05, 3.63) is 108 Å². The Bertz CT molecular complexity index is 2220. The number of carbonyl (C=O) groups excluding carboxylic acids is 2. The molecule has 0 radical (unpaired) electrons. The van der Waals surface area contributed by atoms with E-state index in [0.29, 0.717) is 19.4 Å². The van der Waals surface area contributed by atoms with Crippen molar-refractivity contribution in [1.29, 1.82) is 0 Å². The van der Waals surface area contributed by atoms with Gasteiger partial charge >= 0.3 is 12.3 Å². The Hall–Kier alpha value is -5.96. The van der Waals surface area contributed by atoms with Gasteiger partial charge in [-0.15, -0.1) is 0 Å². The number of likely N-dealkylation sites (N-methyl/N-ethyl adjacent to an activating group) is 1. The number of carbonyl (C=O) groups is 3. The SMILES string of the molecule is CCN(CC)[C@@H](C(=O)N1CCC[C@H]1c1ncc(-c2ccc(-c3ccc(-c4nc([C@@H]5CCCN5C(=O)[C@H](C)NC(=O)O)[nH]c4C(F)(F)F)cc3)cc2)[nH]1)c1ccccc1. The molecule has 4 atom stereocenters. The molecule has 0 saturated carbocycles. The second kappa shape index (κ2) is 16.9. The number of aromatic amines is 2. The molecule has 2 fully saturated rings. The number of carboxylic acid groups (broad SMARTS) is 1. The van der Waals surface area contributed by atoms with Crippen LogP contribution in [0, 0.1) is 0 Å². The van der Waals surface area contributed by atoms with E-state index in [2.05, 4.69) is 39.0 Å². The van der Waals surface area contributed by atoms with Crippen molar-refractivity contribution in [3.63, 3.8) is 0 Å². The summed E-state index contributed by atoms with van der Waals surface area (Å²) in [7, 11) is 0. The van der Waals surface area contributed by atoms with Gasteiger partial charge in [0, 0.05) is 18.7 Å². The normalized spacial score (nSPS) is 18.1. The molecule has 0 unspecified atom stereocenters. The number of hydrogen-bond acceptors (Lipinski definition) is 6. The van der Waals surface area contributed by atoms with Crippen molar-refractivity contribution < 1.29 is 32.7 Å². The zero-order valence-electron chi connectivity index (χ0n) is 32.6. The number of nitrogens with one attached hydrogen (secondary N) is 3. The first-order valence-corrected chi connectivity index (χ1v) is 19.7. The maximum atomic E-state index is 14.3. The molecule has 0 aliphatic carbocycles. The number of aromatic nitrogens is 4. The average molecular weight is 797 g/mol. The van der Waals surface area contributed by atoms with Crippen LogP contribution in [-0.2, 0) is 15.8 Å². The summed E-state index contributed by atoms with van der Waals surface area (Å²) in [6.07, 6.45) is -1.72. The predicted molar refractivity (Wildman–Crippen MR) is 212 cm³/mol. The quantitative estimate of drug-likeness (QED) is 0.0994. The minimum Gasteiger partial charge on any atom is -0.465 e. The number of alkyl halides is 3. The van der Waals surface area contributed by atoms with E-state index in [0.717, 1.165) is 59.7 Å². The molecule has 7 rings (SSSR count). The van der Waals surface area contributed by atoms with Crippen molar-refractivity contribution in [2.24, 2.45) is 0 Å². The van der Waals surface area contributed by atoms with E-state index in [-0.39, 0.29) is 41.6 Å². The highest BCUT2D eigenvalue weighted by Crippen LogP contribution is 2.40. The van der Waals surface area contributed by atoms with Gasteiger partial charge in [-0.2, -0.15) is 13.2 Å². The van der Waals surface area contributed by atoms with Crippen LogP contribution < -0.4 is 5.32 Å². The summed E-state index contributed by atoms with van der Waals surface area (Å²) in [5, 5.41) is 11.2. The molecule has 4 N–H and O–H groups in total. The fraction of sp³-hybridized carbons (Fsp3) is 0.372. The molecule has 2 saturated heterocycles. The first-order chi connectivity index (χ1) is 27.9. The van der Waals surface area contributed by atoms with Crippen LogP contribution in [0.4, 0.5) is 18.0 Å². The maximum absolute atomic E-state index is 14.3. The lowest BCUT2D eigenvalue weighted by molar-refractivity contribution is -0.140. The number of imidazole rings is 2. The summed E-state index contributed by atoms with van der Waals surface area (Å²) in [6, 6.07) is 22.0. The van der Waals surface area contributed by atoms with Crippen LogP contribution in [0.1, 0.15) is 87.5 Å². The predicted octanol–water partition coefficient (Wildman–Crippen LogP) is 8.22. The van der Waals surface area contributed by atoms with Gasteiger partial charge in [-0.25, -0.2) is 14.8 Å². The molecule has 0 bridgehead atoms. The van der Waals surface area contributed by atoms with Crippen molar-refractivity contribution >= 4 is 17.9 Å². The highest BCUT2D eigenvalue weighted by molar-refractivity contribution is 5.86. The largest absolute Gasteiger partial charge is 0.465 e. The molecule has 5 aromatic rings. The third kappa shape index (κ3) is 8.21. The van der Waals surface area contributed by atoms with Crippen LogP contribution >= 0.6 is 0 Å².